The topological polar surface area (TPSA) is 52.2 Å². The van der Waals surface area contributed by atoms with E-state index in [1.165, 1.54) is 26.8 Å². The smallest absolute Gasteiger partial charge is 0.287 e. The first-order valence-electron chi connectivity index (χ1n) is 9.79. The number of hydrogen-bond acceptors (Lipinski definition) is 3. The zero-order valence-electron chi connectivity index (χ0n) is 17.2. The van der Waals surface area contributed by atoms with E-state index in [-0.39, 0.29) is 5.69 Å². The normalized spacial score (nSPS) is 11.8. The van der Waals surface area contributed by atoms with Crippen LogP contribution in [-0.4, -0.2) is 19.2 Å². The molecular weight excluding hydrogens is 348 g/mol. The highest BCUT2D eigenvalue weighted by atomic mass is 16.2. The van der Waals surface area contributed by atoms with E-state index in [0.29, 0.717) is 18.1 Å². The molecule has 5 nitrogen and oxygen atoms in total. The average Bonchev–Trinajstić information content (AvgIpc) is 3.04. The molecular formula is C23H26N4O. The van der Waals surface area contributed by atoms with Gasteiger partial charge >= 0.3 is 5.69 Å². The Bertz CT molecular complexity index is 1220. The maximum absolute atomic E-state index is 13.4. The summed E-state index contributed by atoms with van der Waals surface area (Å²) in [5.41, 5.74) is 6.21. The van der Waals surface area contributed by atoms with Crippen LogP contribution in [0.15, 0.2) is 41.2 Å². The minimum Gasteiger partial charge on any atom is -0.287 e. The number of aryl methyl sites for hydroxylation is 3. The van der Waals surface area contributed by atoms with Gasteiger partial charge in [0.15, 0.2) is 11.5 Å². The van der Waals surface area contributed by atoms with Crippen LogP contribution in [0.4, 0.5) is 0 Å². The molecule has 5 heteroatoms. The Morgan fingerprint density at radius 1 is 1.04 bits per heavy atom. The molecule has 0 aliphatic rings. The highest BCUT2D eigenvalue weighted by molar-refractivity contribution is 5.91. The maximum atomic E-state index is 13.4. The summed E-state index contributed by atoms with van der Waals surface area (Å²) in [5.74, 6) is 1.15. The first-order valence-corrected chi connectivity index (χ1v) is 9.79. The van der Waals surface area contributed by atoms with Gasteiger partial charge in [-0.25, -0.2) is 9.78 Å². The van der Waals surface area contributed by atoms with Crippen LogP contribution in [0.5, 0.6) is 0 Å². The quantitative estimate of drug-likeness (QED) is 0.537. The van der Waals surface area contributed by atoms with Crippen molar-refractivity contribution in [1.29, 1.82) is 0 Å². The lowest BCUT2D eigenvalue weighted by Crippen LogP contribution is -2.29. The van der Waals surface area contributed by atoms with Crippen molar-refractivity contribution in [2.45, 2.75) is 47.6 Å². The molecule has 0 saturated carbocycles. The second-order valence-electron chi connectivity index (χ2n) is 8.12. The first-order chi connectivity index (χ1) is 13.3. The van der Waals surface area contributed by atoms with Crippen molar-refractivity contribution >= 4 is 16.6 Å². The van der Waals surface area contributed by atoms with Crippen molar-refractivity contribution in [3.63, 3.8) is 0 Å². The molecule has 4 rings (SSSR count). The zero-order chi connectivity index (χ0) is 20.0. The van der Waals surface area contributed by atoms with E-state index in [0.717, 1.165) is 23.1 Å². The lowest BCUT2D eigenvalue weighted by molar-refractivity contribution is 0.615. The number of aromatic nitrogens is 4. The standard InChI is InChI=1S/C23H26N4O/c1-14(2)10-21-24-22-18-8-6-7-9-20(18)26(23(28)27(22)25-21)13-19-16(4)11-15(3)12-17(19)5/h6-9,11-12,14H,10,13H2,1-5H3. The van der Waals surface area contributed by atoms with E-state index in [2.05, 4.69) is 56.8 Å². The predicted molar refractivity (Wildman–Crippen MR) is 113 cm³/mol. The van der Waals surface area contributed by atoms with Gasteiger partial charge in [0.25, 0.3) is 0 Å². The Morgan fingerprint density at radius 2 is 1.71 bits per heavy atom. The Balaban J connectivity index is 1.98. The van der Waals surface area contributed by atoms with Gasteiger partial charge in [0.1, 0.15) is 0 Å². The molecule has 2 aromatic heterocycles. The Kier molecular flexibility index (Phi) is 4.53. The Morgan fingerprint density at radius 3 is 2.39 bits per heavy atom. The van der Waals surface area contributed by atoms with Gasteiger partial charge in [-0.05, 0) is 55.5 Å². The van der Waals surface area contributed by atoms with Gasteiger partial charge in [-0.2, -0.15) is 4.52 Å². The van der Waals surface area contributed by atoms with Crippen LogP contribution in [0, 0.1) is 26.7 Å². The van der Waals surface area contributed by atoms with Crippen molar-refractivity contribution in [1.82, 2.24) is 19.2 Å². The Labute approximate surface area is 164 Å². The number of para-hydroxylation sites is 1. The molecule has 0 amide bonds. The fraction of sp³-hybridized carbons (Fsp3) is 0.348. The number of rotatable bonds is 4. The summed E-state index contributed by atoms with van der Waals surface area (Å²) < 4.78 is 3.29. The minimum absolute atomic E-state index is 0.143. The molecule has 0 aliphatic heterocycles. The third-order valence-corrected chi connectivity index (χ3v) is 5.25. The molecule has 0 bridgehead atoms. The van der Waals surface area contributed by atoms with Crippen molar-refractivity contribution in [2.24, 2.45) is 5.92 Å². The van der Waals surface area contributed by atoms with Crippen molar-refractivity contribution in [3.05, 3.63) is 75.0 Å². The largest absolute Gasteiger partial charge is 0.351 e. The van der Waals surface area contributed by atoms with Gasteiger partial charge in [-0.15, -0.1) is 5.10 Å². The van der Waals surface area contributed by atoms with Gasteiger partial charge in [0.2, 0.25) is 0 Å². The summed E-state index contributed by atoms with van der Waals surface area (Å²) in [6.45, 7) is 11.1. The van der Waals surface area contributed by atoms with E-state index in [4.69, 9.17) is 0 Å². The van der Waals surface area contributed by atoms with Crippen LogP contribution >= 0.6 is 0 Å². The van der Waals surface area contributed by atoms with Crippen LogP contribution in [0.2, 0.25) is 0 Å². The maximum Gasteiger partial charge on any atom is 0.351 e. The zero-order valence-corrected chi connectivity index (χ0v) is 17.2. The molecule has 2 heterocycles. The second kappa shape index (κ2) is 6.89. The molecule has 0 unspecified atom stereocenters. The van der Waals surface area contributed by atoms with Crippen molar-refractivity contribution in [3.8, 4) is 0 Å². The highest BCUT2D eigenvalue weighted by Crippen LogP contribution is 2.21. The van der Waals surface area contributed by atoms with Crippen LogP contribution < -0.4 is 5.69 Å². The predicted octanol–water partition coefficient (Wildman–Crippen LogP) is 4.22. The summed E-state index contributed by atoms with van der Waals surface area (Å²) in [7, 11) is 0. The Hall–Kier alpha value is -2.95. The SMILES string of the molecule is Cc1cc(C)c(Cn2c(=O)n3nc(CC(C)C)nc3c3ccccc32)c(C)c1. The van der Waals surface area contributed by atoms with Gasteiger partial charge in [-0.1, -0.05) is 43.7 Å². The lowest BCUT2D eigenvalue weighted by atomic mass is 9.99. The van der Waals surface area contributed by atoms with Gasteiger partial charge in [0.05, 0.1) is 12.1 Å². The van der Waals surface area contributed by atoms with E-state index >= 15 is 0 Å². The molecule has 0 atom stereocenters. The second-order valence-corrected chi connectivity index (χ2v) is 8.12. The highest BCUT2D eigenvalue weighted by Gasteiger charge is 2.16. The van der Waals surface area contributed by atoms with E-state index in [1.807, 2.05) is 28.8 Å². The van der Waals surface area contributed by atoms with Crippen molar-refractivity contribution in [2.75, 3.05) is 0 Å². The molecule has 0 N–H and O–H groups in total. The number of hydrogen-bond donors (Lipinski definition) is 0. The summed E-state index contributed by atoms with van der Waals surface area (Å²) in [4.78, 5) is 18.0. The lowest BCUT2D eigenvalue weighted by Gasteiger charge is -2.15. The summed E-state index contributed by atoms with van der Waals surface area (Å²) in [6, 6.07) is 12.3. The van der Waals surface area contributed by atoms with Crippen molar-refractivity contribution < 1.29 is 0 Å². The number of nitrogens with zero attached hydrogens (tertiary/aromatic N) is 4. The summed E-state index contributed by atoms with van der Waals surface area (Å²) in [5, 5.41) is 5.49. The van der Waals surface area contributed by atoms with Crippen LogP contribution in [-0.2, 0) is 13.0 Å². The summed E-state index contributed by atoms with van der Waals surface area (Å²) >= 11 is 0. The molecule has 4 aromatic rings. The minimum atomic E-state index is -0.143. The molecule has 0 fully saturated rings. The number of benzene rings is 2. The van der Waals surface area contributed by atoms with Crippen LogP contribution in [0.3, 0.4) is 0 Å². The molecule has 0 aliphatic carbocycles. The monoisotopic (exact) mass is 374 g/mol. The number of fused-ring (bicyclic) bond motifs is 3. The molecule has 0 radical (unpaired) electrons. The fourth-order valence-electron chi connectivity index (χ4n) is 4.00. The van der Waals surface area contributed by atoms with Gasteiger partial charge in [-0.3, -0.25) is 4.57 Å². The molecule has 0 spiro atoms. The van der Waals surface area contributed by atoms with E-state index in [9.17, 15) is 4.79 Å². The third-order valence-electron chi connectivity index (χ3n) is 5.25. The molecule has 2 aromatic carbocycles. The van der Waals surface area contributed by atoms with E-state index in [1.54, 1.807) is 0 Å². The molecule has 144 valence electrons. The fourth-order valence-corrected chi connectivity index (χ4v) is 4.00. The van der Waals surface area contributed by atoms with E-state index < -0.39 is 0 Å². The first kappa shape index (κ1) is 18.4. The van der Waals surface area contributed by atoms with Crippen LogP contribution in [0.1, 0.15) is 41.9 Å². The molecule has 28 heavy (non-hydrogen) atoms. The third kappa shape index (κ3) is 3.11. The average molecular weight is 374 g/mol. The van der Waals surface area contributed by atoms with Crippen LogP contribution in [0.25, 0.3) is 16.6 Å². The van der Waals surface area contributed by atoms with Gasteiger partial charge in [0, 0.05) is 11.8 Å². The summed E-state index contributed by atoms with van der Waals surface area (Å²) in [6.07, 6.45) is 0.756. The van der Waals surface area contributed by atoms with Gasteiger partial charge < -0.3 is 0 Å². The molecule has 0 saturated heterocycles.